The number of nitrogens with zero attached hydrogens (tertiary/aromatic N) is 2. The van der Waals surface area contributed by atoms with Crippen molar-refractivity contribution in [1.29, 1.82) is 5.26 Å². The van der Waals surface area contributed by atoms with Gasteiger partial charge in [0.1, 0.15) is 11.6 Å². The van der Waals surface area contributed by atoms with Gasteiger partial charge < -0.3 is 20.5 Å². The molecule has 3 rings (SSSR count). The van der Waals surface area contributed by atoms with Crippen molar-refractivity contribution in [3.63, 3.8) is 0 Å². The van der Waals surface area contributed by atoms with E-state index in [4.69, 9.17) is 16.3 Å². The Morgan fingerprint density at radius 2 is 2.06 bits per heavy atom. The molecule has 180 valence electrons. The maximum Gasteiger partial charge on any atom is 0.309 e. The van der Waals surface area contributed by atoms with Gasteiger partial charge in [0.05, 0.1) is 40.8 Å². The van der Waals surface area contributed by atoms with Crippen LogP contribution in [0.5, 0.6) is 5.75 Å². The topological polar surface area (TPSA) is 124 Å². The van der Waals surface area contributed by atoms with Crippen molar-refractivity contribution in [2.24, 2.45) is 11.3 Å². The smallest absolute Gasteiger partial charge is 0.309 e. The number of carboxylic acid groups (broad SMARTS) is 1. The lowest BCUT2D eigenvalue weighted by Crippen LogP contribution is -2.36. The number of halogens is 1. The van der Waals surface area contributed by atoms with Crippen LogP contribution in [0.25, 0.3) is 0 Å². The molecule has 0 radical (unpaired) electrons. The van der Waals surface area contributed by atoms with Crippen molar-refractivity contribution in [2.75, 3.05) is 19.0 Å². The average molecular weight is 485 g/mol. The highest BCUT2D eigenvalue weighted by atomic mass is 35.5. The Morgan fingerprint density at radius 1 is 1.35 bits per heavy atom. The number of nitriles is 1. The number of rotatable bonds is 8. The normalized spacial score (nSPS) is 20.6. The molecule has 1 aromatic heterocycles. The molecule has 34 heavy (non-hydrogen) atoms. The maximum atomic E-state index is 12.6. The number of pyridine rings is 1. The summed E-state index contributed by atoms with van der Waals surface area (Å²) in [5, 5.41) is 25.0. The largest absolute Gasteiger partial charge is 0.496 e. The number of nitrogens with one attached hydrogen (secondary N) is 2. The first-order chi connectivity index (χ1) is 16.2. The van der Waals surface area contributed by atoms with E-state index in [1.807, 2.05) is 6.92 Å². The zero-order valence-electron chi connectivity index (χ0n) is 19.5. The summed E-state index contributed by atoms with van der Waals surface area (Å²) >= 11 is 6.40. The van der Waals surface area contributed by atoms with Gasteiger partial charge in [-0.1, -0.05) is 11.6 Å². The molecule has 1 fully saturated rings. The van der Waals surface area contributed by atoms with Crippen molar-refractivity contribution >= 4 is 29.3 Å². The molecule has 3 N–H and O–H groups in total. The molecule has 1 aromatic carbocycles. The molecular weight excluding hydrogens is 456 g/mol. The number of benzene rings is 1. The highest BCUT2D eigenvalue weighted by Gasteiger charge is 2.37. The molecule has 0 aliphatic heterocycles. The number of methoxy groups -OCH3 is 1. The molecule has 0 bridgehead atoms. The van der Waals surface area contributed by atoms with Gasteiger partial charge in [-0.2, -0.15) is 5.26 Å². The van der Waals surface area contributed by atoms with Crippen LogP contribution in [0.3, 0.4) is 0 Å². The quantitative estimate of drug-likeness (QED) is 0.491. The molecular formula is C25H29ClN4O4. The van der Waals surface area contributed by atoms with E-state index < -0.39 is 11.4 Å². The van der Waals surface area contributed by atoms with Crippen molar-refractivity contribution in [1.82, 2.24) is 10.3 Å². The lowest BCUT2D eigenvalue weighted by atomic mass is 9.72. The van der Waals surface area contributed by atoms with Gasteiger partial charge in [-0.05, 0) is 69.7 Å². The summed E-state index contributed by atoms with van der Waals surface area (Å²) in [4.78, 5) is 28.3. The number of ether oxygens (including phenoxy) is 1. The monoisotopic (exact) mass is 484 g/mol. The Morgan fingerprint density at radius 3 is 2.65 bits per heavy atom. The van der Waals surface area contributed by atoms with E-state index in [1.54, 1.807) is 38.3 Å². The summed E-state index contributed by atoms with van der Waals surface area (Å²) in [6.45, 7) is 4.17. The molecule has 1 atom stereocenters. The first kappa shape index (κ1) is 25.3. The Labute approximate surface area is 204 Å². The second-order valence-electron chi connectivity index (χ2n) is 9.01. The third-order valence-electron chi connectivity index (χ3n) is 6.56. The fourth-order valence-electron chi connectivity index (χ4n) is 4.17. The first-order valence-electron chi connectivity index (χ1n) is 11.2. The van der Waals surface area contributed by atoms with Gasteiger partial charge in [0.15, 0.2) is 0 Å². The number of carboxylic acids is 1. The summed E-state index contributed by atoms with van der Waals surface area (Å²) in [5.41, 5.74) is 0.977. The van der Waals surface area contributed by atoms with Gasteiger partial charge in [0, 0.05) is 18.3 Å². The summed E-state index contributed by atoms with van der Waals surface area (Å²) in [6, 6.07) is 8.60. The van der Waals surface area contributed by atoms with Crippen LogP contribution < -0.4 is 15.4 Å². The van der Waals surface area contributed by atoms with E-state index in [0.29, 0.717) is 47.1 Å². The average Bonchev–Trinajstić information content (AvgIpc) is 2.84. The highest BCUT2D eigenvalue weighted by Crippen LogP contribution is 2.38. The number of carbonyl (C=O) groups is 2. The van der Waals surface area contributed by atoms with E-state index >= 15 is 0 Å². The van der Waals surface area contributed by atoms with Gasteiger partial charge in [-0.15, -0.1) is 0 Å². The van der Waals surface area contributed by atoms with E-state index in [2.05, 4.69) is 21.7 Å². The fraction of sp³-hybridized carbons (Fsp3) is 0.440. The standard InChI is InChI=1S/C25H29ClN4O4/c1-15(19-10-17(12-27)4-5-21(19)34-3)30-22-20(26)11-18(14-28-22)23(31)29-13-16-6-8-25(2,9-7-16)24(32)33/h4-5,10-11,14-16H,6-9,13H2,1-3H3,(H,28,30)(H,29,31)(H,32,33)/t15-,16?,25?/m0/s1. The van der Waals surface area contributed by atoms with Gasteiger partial charge in [-0.3, -0.25) is 9.59 Å². The predicted octanol–water partition coefficient (Wildman–Crippen LogP) is 4.80. The summed E-state index contributed by atoms with van der Waals surface area (Å²) < 4.78 is 5.40. The van der Waals surface area contributed by atoms with Gasteiger partial charge >= 0.3 is 5.97 Å². The molecule has 0 spiro atoms. The summed E-state index contributed by atoms with van der Waals surface area (Å²) in [5.74, 6) is 0.271. The van der Waals surface area contributed by atoms with Crippen LogP contribution in [0.2, 0.25) is 5.02 Å². The fourth-order valence-corrected chi connectivity index (χ4v) is 4.39. The Balaban J connectivity index is 1.60. The molecule has 1 aliphatic carbocycles. The summed E-state index contributed by atoms with van der Waals surface area (Å²) in [7, 11) is 1.56. The van der Waals surface area contributed by atoms with E-state index in [-0.39, 0.29) is 17.9 Å². The van der Waals surface area contributed by atoms with Crippen molar-refractivity contribution in [3.8, 4) is 11.8 Å². The first-order valence-corrected chi connectivity index (χ1v) is 11.6. The molecule has 9 heteroatoms. The Kier molecular flexibility index (Phi) is 8.00. The van der Waals surface area contributed by atoms with Gasteiger partial charge in [0.2, 0.25) is 0 Å². The molecule has 8 nitrogen and oxygen atoms in total. The van der Waals surface area contributed by atoms with Crippen LogP contribution in [0.1, 0.15) is 67.1 Å². The highest BCUT2D eigenvalue weighted by molar-refractivity contribution is 6.33. The molecule has 1 saturated carbocycles. The zero-order valence-corrected chi connectivity index (χ0v) is 20.3. The number of amides is 1. The maximum absolute atomic E-state index is 12.6. The van der Waals surface area contributed by atoms with Crippen molar-refractivity contribution in [2.45, 2.75) is 45.6 Å². The molecule has 2 aromatic rings. The number of hydrogen-bond acceptors (Lipinski definition) is 6. The predicted molar refractivity (Wildman–Crippen MR) is 129 cm³/mol. The molecule has 1 aliphatic rings. The molecule has 1 heterocycles. The zero-order chi connectivity index (χ0) is 24.9. The number of aliphatic carboxylic acids is 1. The van der Waals surface area contributed by atoms with Crippen LogP contribution in [-0.2, 0) is 4.79 Å². The Hall–Kier alpha value is -3.31. The molecule has 1 amide bonds. The second kappa shape index (κ2) is 10.7. The minimum atomic E-state index is -0.755. The SMILES string of the molecule is COc1ccc(C#N)cc1[C@H](C)Nc1ncc(C(=O)NCC2CCC(C)(C(=O)O)CC2)cc1Cl. The number of anilines is 1. The molecule has 0 unspecified atom stereocenters. The van der Waals surface area contributed by atoms with Crippen molar-refractivity contribution < 1.29 is 19.4 Å². The van der Waals surface area contributed by atoms with Crippen LogP contribution in [0, 0.1) is 22.7 Å². The van der Waals surface area contributed by atoms with E-state index in [9.17, 15) is 20.0 Å². The van der Waals surface area contributed by atoms with E-state index in [1.165, 1.54) is 6.20 Å². The number of hydrogen-bond donors (Lipinski definition) is 3. The van der Waals surface area contributed by atoms with Crippen LogP contribution >= 0.6 is 11.6 Å². The lowest BCUT2D eigenvalue weighted by Gasteiger charge is -2.33. The Bertz CT molecular complexity index is 1110. The number of carbonyl (C=O) groups excluding carboxylic acids is 1. The van der Waals surface area contributed by atoms with Crippen LogP contribution in [-0.4, -0.2) is 35.6 Å². The lowest BCUT2D eigenvalue weighted by molar-refractivity contribution is -0.150. The number of aromatic nitrogens is 1. The van der Waals surface area contributed by atoms with Gasteiger partial charge in [-0.25, -0.2) is 4.98 Å². The van der Waals surface area contributed by atoms with Crippen LogP contribution in [0.4, 0.5) is 5.82 Å². The molecule has 0 saturated heterocycles. The van der Waals surface area contributed by atoms with Gasteiger partial charge in [0.25, 0.3) is 5.91 Å². The third kappa shape index (κ3) is 5.78. The van der Waals surface area contributed by atoms with E-state index in [0.717, 1.165) is 18.4 Å². The minimum absolute atomic E-state index is 0.251. The van der Waals surface area contributed by atoms with Crippen molar-refractivity contribution in [3.05, 3.63) is 52.2 Å². The van der Waals surface area contributed by atoms with Crippen LogP contribution in [0.15, 0.2) is 30.5 Å². The summed E-state index contributed by atoms with van der Waals surface area (Å²) in [6.07, 6.45) is 4.20. The third-order valence-corrected chi connectivity index (χ3v) is 6.85. The second-order valence-corrected chi connectivity index (χ2v) is 9.42. The minimum Gasteiger partial charge on any atom is -0.496 e.